The molecule has 0 rings (SSSR count). The van der Waals surface area contributed by atoms with Crippen LogP contribution in [-0.4, -0.2) is 62.0 Å². The van der Waals surface area contributed by atoms with Gasteiger partial charge in [-0.1, -0.05) is 6.92 Å². The third-order valence-corrected chi connectivity index (χ3v) is 2.71. The molecule has 0 fully saturated rings. The molecular weight excluding hydrogens is 222 g/mol. The molecular formula is C12H25NO4. The Labute approximate surface area is 104 Å². The Morgan fingerprint density at radius 3 is 2.59 bits per heavy atom. The molecule has 102 valence electrons. The average molecular weight is 247 g/mol. The van der Waals surface area contributed by atoms with E-state index in [-0.39, 0.29) is 12.6 Å². The van der Waals surface area contributed by atoms with E-state index in [1.54, 1.807) is 7.11 Å². The average Bonchev–Trinajstić information content (AvgIpc) is 2.30. The Bertz CT molecular complexity index is 199. The first-order chi connectivity index (χ1) is 8.11. The fourth-order valence-electron chi connectivity index (χ4n) is 1.48. The van der Waals surface area contributed by atoms with Gasteiger partial charge >= 0.3 is 5.97 Å². The molecule has 0 bridgehead atoms. The number of methoxy groups -OCH3 is 1. The number of hydrogen-bond acceptors (Lipinski definition) is 4. The second kappa shape index (κ2) is 10.5. The fraction of sp³-hybridized carbons (Fsp3) is 0.917. The number of aliphatic carboxylic acids is 1. The largest absolute Gasteiger partial charge is 0.480 e. The Hall–Kier alpha value is -0.650. The van der Waals surface area contributed by atoms with Gasteiger partial charge in [0, 0.05) is 32.9 Å². The van der Waals surface area contributed by atoms with Crippen molar-refractivity contribution in [2.24, 2.45) is 0 Å². The number of carbonyl (C=O) groups is 1. The van der Waals surface area contributed by atoms with Crippen LogP contribution in [0.1, 0.15) is 26.7 Å². The number of carboxylic acid groups (broad SMARTS) is 1. The number of carboxylic acids is 1. The third-order valence-electron chi connectivity index (χ3n) is 2.71. The van der Waals surface area contributed by atoms with Crippen molar-refractivity contribution in [3.05, 3.63) is 0 Å². The maximum Gasteiger partial charge on any atom is 0.317 e. The summed E-state index contributed by atoms with van der Waals surface area (Å²) in [7, 11) is 1.66. The van der Waals surface area contributed by atoms with E-state index in [0.717, 1.165) is 12.8 Å². The number of rotatable bonds is 11. The molecule has 1 unspecified atom stereocenters. The molecule has 0 amide bonds. The highest BCUT2D eigenvalue weighted by Gasteiger charge is 2.14. The van der Waals surface area contributed by atoms with Gasteiger partial charge < -0.3 is 14.6 Å². The van der Waals surface area contributed by atoms with Crippen molar-refractivity contribution in [2.75, 3.05) is 40.0 Å². The first-order valence-electron chi connectivity index (χ1n) is 6.14. The standard InChI is InChI=1S/C12H25NO4/c1-4-11(2)13(10-12(14)15)6-9-17-8-5-7-16-3/h11H,4-10H2,1-3H3,(H,14,15). The summed E-state index contributed by atoms with van der Waals surface area (Å²) in [5.41, 5.74) is 0. The van der Waals surface area contributed by atoms with E-state index >= 15 is 0 Å². The van der Waals surface area contributed by atoms with Crippen molar-refractivity contribution in [3.63, 3.8) is 0 Å². The van der Waals surface area contributed by atoms with Crippen LogP contribution in [0.25, 0.3) is 0 Å². The van der Waals surface area contributed by atoms with Gasteiger partial charge in [-0.15, -0.1) is 0 Å². The summed E-state index contributed by atoms with van der Waals surface area (Å²) in [5, 5.41) is 8.80. The van der Waals surface area contributed by atoms with Crippen LogP contribution in [0.5, 0.6) is 0 Å². The fourth-order valence-corrected chi connectivity index (χ4v) is 1.48. The van der Waals surface area contributed by atoms with E-state index in [9.17, 15) is 4.79 Å². The Morgan fingerprint density at radius 1 is 1.35 bits per heavy atom. The predicted molar refractivity (Wildman–Crippen MR) is 66.3 cm³/mol. The molecule has 0 radical (unpaired) electrons. The van der Waals surface area contributed by atoms with Gasteiger partial charge in [-0.3, -0.25) is 9.69 Å². The van der Waals surface area contributed by atoms with Gasteiger partial charge in [-0.2, -0.15) is 0 Å². The number of hydrogen-bond donors (Lipinski definition) is 1. The lowest BCUT2D eigenvalue weighted by Gasteiger charge is -2.26. The molecule has 5 nitrogen and oxygen atoms in total. The lowest BCUT2D eigenvalue weighted by Crippen LogP contribution is -2.39. The molecule has 0 aliphatic heterocycles. The van der Waals surface area contributed by atoms with Crippen LogP contribution < -0.4 is 0 Å². The zero-order valence-electron chi connectivity index (χ0n) is 11.1. The molecule has 0 aromatic rings. The summed E-state index contributed by atoms with van der Waals surface area (Å²) in [5.74, 6) is -0.787. The SMILES string of the molecule is CCC(C)N(CCOCCCOC)CC(=O)O. The molecule has 0 aliphatic carbocycles. The van der Waals surface area contributed by atoms with Gasteiger partial charge in [-0.05, 0) is 19.8 Å². The summed E-state index contributed by atoms with van der Waals surface area (Å²) in [4.78, 5) is 12.6. The minimum atomic E-state index is -0.787. The van der Waals surface area contributed by atoms with Crippen LogP contribution in [0.2, 0.25) is 0 Å². The van der Waals surface area contributed by atoms with Gasteiger partial charge in [0.25, 0.3) is 0 Å². The van der Waals surface area contributed by atoms with Gasteiger partial charge in [0.15, 0.2) is 0 Å². The molecule has 0 heterocycles. The lowest BCUT2D eigenvalue weighted by molar-refractivity contribution is -0.139. The summed E-state index contributed by atoms with van der Waals surface area (Å²) in [6, 6.07) is 0.272. The molecule has 0 saturated heterocycles. The van der Waals surface area contributed by atoms with E-state index in [1.165, 1.54) is 0 Å². The van der Waals surface area contributed by atoms with Crippen molar-refractivity contribution in [2.45, 2.75) is 32.7 Å². The van der Waals surface area contributed by atoms with Crippen LogP contribution in [0.15, 0.2) is 0 Å². The molecule has 0 aromatic carbocycles. The Kier molecular flexibility index (Phi) is 10.1. The van der Waals surface area contributed by atoms with E-state index < -0.39 is 5.97 Å². The van der Waals surface area contributed by atoms with Crippen LogP contribution in [0.4, 0.5) is 0 Å². The molecule has 0 aromatic heterocycles. The van der Waals surface area contributed by atoms with Crippen LogP contribution in [0, 0.1) is 0 Å². The molecule has 0 spiro atoms. The molecule has 0 saturated carbocycles. The first-order valence-corrected chi connectivity index (χ1v) is 6.14. The topological polar surface area (TPSA) is 59.0 Å². The molecule has 5 heteroatoms. The molecule has 1 N–H and O–H groups in total. The first kappa shape index (κ1) is 16.4. The molecule has 0 aliphatic rings. The van der Waals surface area contributed by atoms with E-state index in [4.69, 9.17) is 14.6 Å². The Morgan fingerprint density at radius 2 is 2.06 bits per heavy atom. The number of nitrogens with zero attached hydrogens (tertiary/aromatic N) is 1. The van der Waals surface area contributed by atoms with Crippen LogP contribution >= 0.6 is 0 Å². The second-order valence-corrected chi connectivity index (χ2v) is 4.08. The summed E-state index contributed by atoms with van der Waals surface area (Å²) in [6.07, 6.45) is 1.82. The minimum absolute atomic E-state index is 0.0798. The van der Waals surface area contributed by atoms with Crippen molar-refractivity contribution >= 4 is 5.97 Å². The van der Waals surface area contributed by atoms with Crippen LogP contribution in [0.3, 0.4) is 0 Å². The highest BCUT2D eigenvalue weighted by molar-refractivity contribution is 5.69. The van der Waals surface area contributed by atoms with Crippen molar-refractivity contribution in [1.29, 1.82) is 0 Å². The zero-order valence-corrected chi connectivity index (χ0v) is 11.1. The maximum atomic E-state index is 10.7. The highest BCUT2D eigenvalue weighted by atomic mass is 16.5. The quantitative estimate of drug-likeness (QED) is 0.556. The van der Waals surface area contributed by atoms with Crippen molar-refractivity contribution in [3.8, 4) is 0 Å². The molecule has 17 heavy (non-hydrogen) atoms. The van der Waals surface area contributed by atoms with Crippen molar-refractivity contribution < 1.29 is 19.4 Å². The van der Waals surface area contributed by atoms with Gasteiger partial charge in [-0.25, -0.2) is 0 Å². The predicted octanol–water partition coefficient (Wildman–Crippen LogP) is 1.22. The minimum Gasteiger partial charge on any atom is -0.480 e. The number of ether oxygens (including phenoxy) is 2. The van der Waals surface area contributed by atoms with Crippen LogP contribution in [-0.2, 0) is 14.3 Å². The normalized spacial score (nSPS) is 12.9. The van der Waals surface area contributed by atoms with Crippen molar-refractivity contribution in [1.82, 2.24) is 4.90 Å². The summed E-state index contributed by atoms with van der Waals surface area (Å²) < 4.78 is 10.3. The smallest absolute Gasteiger partial charge is 0.317 e. The Balaban J connectivity index is 3.72. The van der Waals surface area contributed by atoms with E-state index in [2.05, 4.69) is 6.92 Å². The third kappa shape index (κ3) is 9.09. The van der Waals surface area contributed by atoms with E-state index in [0.29, 0.717) is 26.4 Å². The lowest BCUT2D eigenvalue weighted by atomic mass is 10.2. The highest BCUT2D eigenvalue weighted by Crippen LogP contribution is 2.02. The van der Waals surface area contributed by atoms with Gasteiger partial charge in [0.05, 0.1) is 13.2 Å². The summed E-state index contributed by atoms with van der Waals surface area (Å²) in [6.45, 7) is 6.76. The maximum absolute atomic E-state index is 10.7. The zero-order chi connectivity index (χ0) is 13.1. The second-order valence-electron chi connectivity index (χ2n) is 4.08. The van der Waals surface area contributed by atoms with Gasteiger partial charge in [0.1, 0.15) is 0 Å². The molecule has 1 atom stereocenters. The van der Waals surface area contributed by atoms with E-state index in [1.807, 2.05) is 11.8 Å². The monoisotopic (exact) mass is 247 g/mol. The summed E-state index contributed by atoms with van der Waals surface area (Å²) >= 11 is 0. The van der Waals surface area contributed by atoms with Gasteiger partial charge in [0.2, 0.25) is 0 Å².